The minimum absolute atomic E-state index is 0.0438. The lowest BCUT2D eigenvalue weighted by atomic mass is 10.1. The van der Waals surface area contributed by atoms with Gasteiger partial charge in [0.25, 0.3) is 0 Å². The maximum atomic E-state index is 9.38. The molecule has 0 radical (unpaired) electrons. The Morgan fingerprint density at radius 2 is 2.11 bits per heavy atom. The summed E-state index contributed by atoms with van der Waals surface area (Å²) in [6.45, 7) is 0.766. The number of hydrogen-bond acceptors (Lipinski definition) is 4. The Morgan fingerprint density at radius 3 is 2.72 bits per heavy atom. The molecule has 0 amide bonds. The highest BCUT2D eigenvalue weighted by molar-refractivity contribution is 5.16. The largest absolute Gasteiger partial charge is 0.395 e. The van der Waals surface area contributed by atoms with Crippen molar-refractivity contribution in [2.24, 2.45) is 7.05 Å². The first kappa shape index (κ1) is 12.7. The molecule has 0 aliphatic carbocycles. The molecule has 5 nitrogen and oxygen atoms in total. The third-order valence-corrected chi connectivity index (χ3v) is 2.93. The van der Waals surface area contributed by atoms with Gasteiger partial charge in [0.1, 0.15) is 0 Å². The molecule has 0 fully saturated rings. The Kier molecular flexibility index (Phi) is 4.44. The summed E-state index contributed by atoms with van der Waals surface area (Å²) < 4.78 is 1.73. The summed E-state index contributed by atoms with van der Waals surface area (Å²) in [5, 5.41) is 20.4. The number of aryl methyl sites for hydroxylation is 1. The summed E-state index contributed by atoms with van der Waals surface area (Å²) in [5.41, 5.74) is 2.22. The molecule has 96 valence electrons. The molecule has 18 heavy (non-hydrogen) atoms. The highest BCUT2D eigenvalue weighted by Gasteiger charge is 2.09. The highest BCUT2D eigenvalue weighted by Crippen LogP contribution is 2.03. The highest BCUT2D eigenvalue weighted by atomic mass is 16.3. The molecule has 0 aliphatic heterocycles. The summed E-state index contributed by atoms with van der Waals surface area (Å²) in [5.74, 6) is 0. The van der Waals surface area contributed by atoms with Crippen LogP contribution < -0.4 is 5.32 Å². The van der Waals surface area contributed by atoms with Gasteiger partial charge < -0.3 is 10.4 Å². The zero-order chi connectivity index (χ0) is 12.8. The van der Waals surface area contributed by atoms with Gasteiger partial charge in [0.15, 0.2) is 0 Å². The summed E-state index contributed by atoms with van der Waals surface area (Å²) in [4.78, 5) is 0. The van der Waals surface area contributed by atoms with E-state index in [9.17, 15) is 5.11 Å². The van der Waals surface area contributed by atoms with Crippen LogP contribution in [0.1, 0.15) is 11.3 Å². The van der Waals surface area contributed by atoms with Crippen molar-refractivity contribution >= 4 is 0 Å². The molecule has 5 heteroatoms. The normalized spacial score (nSPS) is 12.6. The molecule has 0 saturated heterocycles. The summed E-state index contributed by atoms with van der Waals surface area (Å²) in [7, 11) is 1.86. The number of benzene rings is 1. The van der Waals surface area contributed by atoms with Crippen molar-refractivity contribution in [3.8, 4) is 0 Å². The van der Waals surface area contributed by atoms with Crippen molar-refractivity contribution < 1.29 is 5.11 Å². The van der Waals surface area contributed by atoms with Crippen LogP contribution in [0, 0.1) is 0 Å². The van der Waals surface area contributed by atoms with Crippen LogP contribution in [0.4, 0.5) is 0 Å². The predicted molar refractivity (Wildman–Crippen MR) is 68.9 cm³/mol. The number of nitrogens with one attached hydrogen (secondary N) is 1. The SMILES string of the molecule is Cn1nncc1CN[C@@H](CO)Cc1ccccc1. The number of hydrogen-bond donors (Lipinski definition) is 2. The standard InChI is InChI=1S/C13H18N4O/c1-17-13(9-15-16-17)8-14-12(10-18)7-11-5-3-2-4-6-11/h2-6,9,12,14,18H,7-8,10H2,1H3/t12-/m1/s1. The zero-order valence-electron chi connectivity index (χ0n) is 10.5. The molecule has 2 aromatic rings. The van der Waals surface area contributed by atoms with Crippen LogP contribution in [0.2, 0.25) is 0 Å². The van der Waals surface area contributed by atoms with E-state index in [1.54, 1.807) is 10.9 Å². The van der Waals surface area contributed by atoms with Gasteiger partial charge in [0, 0.05) is 19.6 Å². The van der Waals surface area contributed by atoms with E-state index in [1.807, 2.05) is 25.2 Å². The van der Waals surface area contributed by atoms with Gasteiger partial charge in [-0.2, -0.15) is 0 Å². The van der Waals surface area contributed by atoms with Gasteiger partial charge in [-0.3, -0.25) is 4.68 Å². The maximum Gasteiger partial charge on any atom is 0.0738 e. The fourth-order valence-corrected chi connectivity index (χ4v) is 1.82. The van der Waals surface area contributed by atoms with E-state index in [1.165, 1.54) is 5.56 Å². The van der Waals surface area contributed by atoms with Crippen molar-refractivity contribution in [1.29, 1.82) is 0 Å². The topological polar surface area (TPSA) is 63.0 Å². The molecule has 2 N–H and O–H groups in total. The number of nitrogens with zero attached hydrogens (tertiary/aromatic N) is 3. The molecule has 0 bridgehead atoms. The van der Waals surface area contributed by atoms with Crippen molar-refractivity contribution in [3.05, 3.63) is 47.8 Å². The number of aliphatic hydroxyl groups is 1. The summed E-state index contributed by atoms with van der Waals surface area (Å²) in [6, 6.07) is 10.2. The van der Waals surface area contributed by atoms with E-state index in [2.05, 4.69) is 27.8 Å². The van der Waals surface area contributed by atoms with Gasteiger partial charge in [0.2, 0.25) is 0 Å². The van der Waals surface area contributed by atoms with E-state index in [0.29, 0.717) is 6.54 Å². The number of rotatable bonds is 6. The first-order valence-corrected chi connectivity index (χ1v) is 6.01. The van der Waals surface area contributed by atoms with Crippen molar-refractivity contribution in [2.45, 2.75) is 19.0 Å². The third-order valence-electron chi connectivity index (χ3n) is 2.93. The molecular weight excluding hydrogens is 228 g/mol. The van der Waals surface area contributed by atoms with E-state index < -0.39 is 0 Å². The van der Waals surface area contributed by atoms with Gasteiger partial charge in [-0.1, -0.05) is 35.5 Å². The van der Waals surface area contributed by atoms with Crippen LogP contribution in [-0.4, -0.2) is 32.7 Å². The number of aromatic nitrogens is 3. The second-order valence-electron chi connectivity index (χ2n) is 4.30. The lowest BCUT2D eigenvalue weighted by Gasteiger charge is -2.16. The van der Waals surface area contributed by atoms with E-state index in [0.717, 1.165) is 12.1 Å². The smallest absolute Gasteiger partial charge is 0.0738 e. The summed E-state index contributed by atoms with van der Waals surface area (Å²) in [6.07, 6.45) is 2.53. The van der Waals surface area contributed by atoms with Gasteiger partial charge >= 0.3 is 0 Å². The monoisotopic (exact) mass is 246 g/mol. The zero-order valence-corrected chi connectivity index (χ0v) is 10.5. The van der Waals surface area contributed by atoms with Crippen LogP contribution in [0.5, 0.6) is 0 Å². The molecule has 1 aromatic carbocycles. The van der Waals surface area contributed by atoms with Crippen LogP contribution in [0.15, 0.2) is 36.5 Å². The number of aliphatic hydroxyl groups excluding tert-OH is 1. The minimum Gasteiger partial charge on any atom is -0.395 e. The molecule has 1 heterocycles. The predicted octanol–water partition coefficient (Wildman–Crippen LogP) is 0.508. The second-order valence-corrected chi connectivity index (χ2v) is 4.30. The van der Waals surface area contributed by atoms with Crippen LogP contribution in [0.3, 0.4) is 0 Å². The lowest BCUT2D eigenvalue weighted by molar-refractivity contribution is 0.240. The Bertz CT molecular complexity index is 469. The fraction of sp³-hybridized carbons (Fsp3) is 0.385. The maximum absolute atomic E-state index is 9.38. The molecule has 1 aromatic heterocycles. The molecule has 0 unspecified atom stereocenters. The van der Waals surface area contributed by atoms with Gasteiger partial charge in [-0.05, 0) is 12.0 Å². The first-order chi connectivity index (χ1) is 8.79. The van der Waals surface area contributed by atoms with Crippen molar-refractivity contribution in [2.75, 3.05) is 6.61 Å². The van der Waals surface area contributed by atoms with E-state index in [4.69, 9.17) is 0 Å². The van der Waals surface area contributed by atoms with E-state index in [-0.39, 0.29) is 12.6 Å². The molecule has 0 spiro atoms. The van der Waals surface area contributed by atoms with Gasteiger partial charge in [-0.15, -0.1) is 5.10 Å². The third kappa shape index (κ3) is 3.38. The van der Waals surface area contributed by atoms with Crippen LogP contribution in [-0.2, 0) is 20.0 Å². The minimum atomic E-state index is 0.0438. The lowest BCUT2D eigenvalue weighted by Crippen LogP contribution is -2.34. The summed E-state index contributed by atoms with van der Waals surface area (Å²) >= 11 is 0. The fourth-order valence-electron chi connectivity index (χ4n) is 1.82. The van der Waals surface area contributed by atoms with Crippen LogP contribution >= 0.6 is 0 Å². The molecular formula is C13H18N4O. The van der Waals surface area contributed by atoms with Gasteiger partial charge in [0.05, 0.1) is 18.5 Å². The van der Waals surface area contributed by atoms with Crippen LogP contribution in [0.25, 0.3) is 0 Å². The van der Waals surface area contributed by atoms with Crippen molar-refractivity contribution in [1.82, 2.24) is 20.3 Å². The van der Waals surface area contributed by atoms with Gasteiger partial charge in [-0.25, -0.2) is 0 Å². The molecule has 0 saturated carbocycles. The average molecular weight is 246 g/mol. The Morgan fingerprint density at radius 1 is 1.33 bits per heavy atom. The Balaban J connectivity index is 1.88. The Labute approximate surface area is 106 Å². The van der Waals surface area contributed by atoms with Crippen molar-refractivity contribution in [3.63, 3.8) is 0 Å². The molecule has 2 rings (SSSR count). The Hall–Kier alpha value is -1.72. The first-order valence-electron chi connectivity index (χ1n) is 6.01. The molecule has 1 atom stereocenters. The average Bonchev–Trinajstić information content (AvgIpc) is 2.81. The van der Waals surface area contributed by atoms with E-state index >= 15 is 0 Å². The molecule has 0 aliphatic rings. The quantitative estimate of drug-likeness (QED) is 0.779. The second kappa shape index (κ2) is 6.28.